The van der Waals surface area contributed by atoms with Crippen LogP contribution in [0.15, 0.2) is 36.4 Å². The van der Waals surface area contributed by atoms with Crippen molar-refractivity contribution >= 4 is 62.3 Å². The van der Waals surface area contributed by atoms with Crippen molar-refractivity contribution in [2.75, 3.05) is 17.1 Å². The predicted octanol–water partition coefficient (Wildman–Crippen LogP) is 4.88. The first-order valence-electron chi connectivity index (χ1n) is 10.7. The van der Waals surface area contributed by atoms with Crippen molar-refractivity contribution in [1.82, 2.24) is 10.2 Å². The maximum atomic E-state index is 13.7. The summed E-state index contributed by atoms with van der Waals surface area (Å²) in [6.45, 7) is 4.45. The summed E-state index contributed by atoms with van der Waals surface area (Å²) in [7, 11) is -3.98. The molecule has 2 aromatic rings. The lowest BCUT2D eigenvalue weighted by molar-refractivity contribution is -0.139. The van der Waals surface area contributed by atoms with Gasteiger partial charge in [0.1, 0.15) is 18.4 Å². The summed E-state index contributed by atoms with van der Waals surface area (Å²) in [6, 6.07) is 7.02. The van der Waals surface area contributed by atoms with Crippen LogP contribution in [0.4, 0.5) is 10.1 Å². The number of carbonyl (C=O) groups is 2. The van der Waals surface area contributed by atoms with E-state index < -0.39 is 40.2 Å². The van der Waals surface area contributed by atoms with Gasteiger partial charge in [-0.25, -0.2) is 12.8 Å². The van der Waals surface area contributed by atoms with E-state index in [2.05, 4.69) is 5.32 Å². The Hall–Kier alpha value is -2.07. The summed E-state index contributed by atoms with van der Waals surface area (Å²) in [5.41, 5.74) is 0.405. The van der Waals surface area contributed by atoms with Crippen molar-refractivity contribution in [3.05, 3.63) is 62.8 Å². The third-order valence-corrected chi connectivity index (χ3v) is 7.57. The molecule has 0 fully saturated rings. The monoisotopic (exact) mass is 565 g/mol. The zero-order valence-electron chi connectivity index (χ0n) is 19.7. The predicted molar refractivity (Wildman–Crippen MR) is 138 cm³/mol. The van der Waals surface area contributed by atoms with E-state index in [1.54, 1.807) is 18.2 Å². The van der Waals surface area contributed by atoms with Crippen LogP contribution in [0, 0.1) is 5.82 Å². The topological polar surface area (TPSA) is 86.8 Å². The zero-order chi connectivity index (χ0) is 26.5. The Labute approximate surface area is 220 Å². The van der Waals surface area contributed by atoms with Gasteiger partial charge in [0.25, 0.3) is 0 Å². The van der Waals surface area contributed by atoms with E-state index >= 15 is 0 Å². The van der Waals surface area contributed by atoms with Crippen molar-refractivity contribution in [2.24, 2.45) is 0 Å². The molecule has 0 aliphatic rings. The van der Waals surface area contributed by atoms with E-state index in [1.807, 2.05) is 13.8 Å². The molecule has 0 bridgehead atoms. The largest absolute Gasteiger partial charge is 0.352 e. The molecule has 7 nitrogen and oxygen atoms in total. The Morgan fingerprint density at radius 2 is 1.66 bits per heavy atom. The fourth-order valence-corrected chi connectivity index (χ4v) is 4.69. The standard InChI is InChI=1S/C23H27Cl3FN3O4S/c1-5-14(2)28-23(32)15(3)29(12-17-18(24)7-6-8-19(17)25)22(31)13-30(35(4,33)34)16-9-10-21(27)20(26)11-16/h6-11,14-15H,5,12-13H2,1-4H3,(H,28,32)/t14-,15-/m1/s1. The number of benzene rings is 2. The first-order valence-corrected chi connectivity index (χ1v) is 13.7. The number of hydrogen-bond donors (Lipinski definition) is 1. The number of rotatable bonds is 10. The minimum atomic E-state index is -3.98. The Kier molecular flexibility index (Phi) is 10.2. The first kappa shape index (κ1) is 29.2. The summed E-state index contributed by atoms with van der Waals surface area (Å²) < 4.78 is 39.5. The number of amides is 2. The molecular formula is C23H27Cl3FN3O4S. The summed E-state index contributed by atoms with van der Waals surface area (Å²) in [4.78, 5) is 27.6. The van der Waals surface area contributed by atoms with Gasteiger partial charge < -0.3 is 10.2 Å². The molecule has 0 spiro atoms. The third kappa shape index (κ3) is 7.70. The molecule has 2 rings (SSSR count). The molecule has 0 aliphatic carbocycles. The second kappa shape index (κ2) is 12.3. The quantitative estimate of drug-likeness (QED) is 0.444. The van der Waals surface area contributed by atoms with Crippen molar-refractivity contribution < 1.29 is 22.4 Å². The molecule has 0 heterocycles. The summed E-state index contributed by atoms with van der Waals surface area (Å²) in [5.74, 6) is -1.86. The molecular weight excluding hydrogens is 540 g/mol. The van der Waals surface area contributed by atoms with Gasteiger partial charge in [-0.3, -0.25) is 13.9 Å². The maximum absolute atomic E-state index is 13.7. The van der Waals surface area contributed by atoms with Crippen molar-refractivity contribution in [3.63, 3.8) is 0 Å². The van der Waals surface area contributed by atoms with Gasteiger partial charge in [-0.15, -0.1) is 0 Å². The molecule has 192 valence electrons. The van der Waals surface area contributed by atoms with Gasteiger partial charge >= 0.3 is 0 Å². The van der Waals surface area contributed by atoms with E-state index in [0.29, 0.717) is 12.0 Å². The molecule has 0 unspecified atom stereocenters. The summed E-state index contributed by atoms with van der Waals surface area (Å²) in [5, 5.41) is 3.09. The van der Waals surface area contributed by atoms with Crippen LogP contribution >= 0.6 is 34.8 Å². The minimum absolute atomic E-state index is 0.000291. The Bertz CT molecular complexity index is 1180. The normalized spacial score (nSPS) is 13.1. The molecule has 35 heavy (non-hydrogen) atoms. The fraction of sp³-hybridized carbons (Fsp3) is 0.391. The Balaban J connectivity index is 2.47. The fourth-order valence-electron chi connectivity index (χ4n) is 3.16. The highest BCUT2D eigenvalue weighted by Gasteiger charge is 2.31. The van der Waals surface area contributed by atoms with Crippen LogP contribution in [0.2, 0.25) is 15.1 Å². The SMILES string of the molecule is CC[C@@H](C)NC(=O)[C@@H](C)N(Cc1c(Cl)cccc1Cl)C(=O)CN(c1ccc(F)c(Cl)c1)S(C)(=O)=O. The number of hydrogen-bond acceptors (Lipinski definition) is 4. The number of sulfonamides is 1. The van der Waals surface area contributed by atoms with Gasteiger partial charge in [0.2, 0.25) is 21.8 Å². The lowest BCUT2D eigenvalue weighted by Gasteiger charge is -2.32. The van der Waals surface area contributed by atoms with E-state index in [-0.39, 0.29) is 33.3 Å². The second-order valence-corrected chi connectivity index (χ2v) is 11.2. The lowest BCUT2D eigenvalue weighted by atomic mass is 10.1. The molecule has 2 aromatic carbocycles. The van der Waals surface area contributed by atoms with Gasteiger partial charge in [-0.1, -0.05) is 47.8 Å². The van der Waals surface area contributed by atoms with E-state index in [0.717, 1.165) is 22.7 Å². The van der Waals surface area contributed by atoms with E-state index in [1.165, 1.54) is 17.9 Å². The highest BCUT2D eigenvalue weighted by molar-refractivity contribution is 7.92. The number of anilines is 1. The molecule has 0 aromatic heterocycles. The van der Waals surface area contributed by atoms with Crippen LogP contribution in [-0.4, -0.2) is 50.0 Å². The van der Waals surface area contributed by atoms with Crippen molar-refractivity contribution in [3.8, 4) is 0 Å². The smallest absolute Gasteiger partial charge is 0.244 e. The molecule has 0 aliphatic heterocycles. The molecule has 1 N–H and O–H groups in total. The van der Waals surface area contributed by atoms with E-state index in [9.17, 15) is 22.4 Å². The summed E-state index contributed by atoms with van der Waals surface area (Å²) in [6.07, 6.45) is 1.59. The number of nitrogens with zero attached hydrogens (tertiary/aromatic N) is 2. The van der Waals surface area contributed by atoms with Crippen molar-refractivity contribution in [1.29, 1.82) is 0 Å². The highest BCUT2D eigenvalue weighted by Crippen LogP contribution is 2.28. The average molecular weight is 567 g/mol. The maximum Gasteiger partial charge on any atom is 0.244 e. The van der Waals surface area contributed by atoms with Crippen LogP contribution in [0.25, 0.3) is 0 Å². The van der Waals surface area contributed by atoms with E-state index in [4.69, 9.17) is 34.8 Å². The second-order valence-electron chi connectivity index (χ2n) is 8.08. The molecule has 12 heteroatoms. The third-order valence-electron chi connectivity index (χ3n) is 5.43. The van der Waals surface area contributed by atoms with Gasteiger partial charge in [-0.2, -0.15) is 0 Å². The van der Waals surface area contributed by atoms with Gasteiger partial charge in [-0.05, 0) is 50.6 Å². The molecule has 0 saturated carbocycles. The zero-order valence-corrected chi connectivity index (χ0v) is 22.8. The number of nitrogens with one attached hydrogen (secondary N) is 1. The van der Waals surface area contributed by atoms with Crippen LogP contribution < -0.4 is 9.62 Å². The van der Waals surface area contributed by atoms with Crippen LogP contribution in [0.5, 0.6) is 0 Å². The van der Waals surface area contributed by atoms with Crippen LogP contribution in [0.1, 0.15) is 32.8 Å². The number of carbonyl (C=O) groups excluding carboxylic acids is 2. The molecule has 0 radical (unpaired) electrons. The lowest BCUT2D eigenvalue weighted by Crippen LogP contribution is -2.52. The Morgan fingerprint density at radius 3 is 2.17 bits per heavy atom. The first-order chi connectivity index (χ1) is 16.3. The number of halogens is 4. The molecule has 0 saturated heterocycles. The highest BCUT2D eigenvalue weighted by atomic mass is 35.5. The van der Waals surface area contributed by atoms with Gasteiger partial charge in [0.15, 0.2) is 0 Å². The average Bonchev–Trinajstić information content (AvgIpc) is 2.77. The minimum Gasteiger partial charge on any atom is -0.352 e. The van der Waals surface area contributed by atoms with Crippen LogP contribution in [0.3, 0.4) is 0 Å². The van der Waals surface area contributed by atoms with Crippen LogP contribution in [-0.2, 0) is 26.2 Å². The molecule has 2 atom stereocenters. The Morgan fingerprint density at radius 1 is 1.06 bits per heavy atom. The van der Waals surface area contributed by atoms with Gasteiger partial charge in [0, 0.05) is 28.2 Å². The van der Waals surface area contributed by atoms with Crippen molar-refractivity contribution in [2.45, 2.75) is 45.8 Å². The summed E-state index contributed by atoms with van der Waals surface area (Å²) >= 11 is 18.4. The van der Waals surface area contributed by atoms with Gasteiger partial charge in [0.05, 0.1) is 17.0 Å². The molecule has 2 amide bonds.